The van der Waals surface area contributed by atoms with Gasteiger partial charge in [-0.25, -0.2) is 0 Å². The van der Waals surface area contributed by atoms with Gasteiger partial charge in [-0.3, -0.25) is 9.59 Å². The molecule has 0 saturated heterocycles. The maximum absolute atomic E-state index is 12.4. The molecule has 0 spiro atoms. The van der Waals surface area contributed by atoms with Crippen LogP contribution in [0, 0.1) is 5.92 Å². The van der Waals surface area contributed by atoms with Crippen molar-refractivity contribution in [3.05, 3.63) is 23.8 Å². The quantitative estimate of drug-likeness (QED) is 0.783. The normalized spacial score (nSPS) is 19.1. The number of hydrogen-bond donors (Lipinski definition) is 0. The second-order valence-corrected chi connectivity index (χ2v) is 4.77. The number of methoxy groups -OCH3 is 2. The van der Waals surface area contributed by atoms with Crippen molar-refractivity contribution in [2.75, 3.05) is 14.2 Å². The van der Waals surface area contributed by atoms with Gasteiger partial charge >= 0.3 is 0 Å². The van der Waals surface area contributed by atoms with Crippen LogP contribution in [0.1, 0.15) is 36.0 Å². The molecular formula is C15H18O4. The second kappa shape index (κ2) is 5.87. The zero-order chi connectivity index (χ0) is 13.8. The molecule has 1 fully saturated rings. The Morgan fingerprint density at radius 3 is 2.58 bits per heavy atom. The molecule has 2 rings (SSSR count). The number of hydrogen-bond acceptors (Lipinski definition) is 4. The summed E-state index contributed by atoms with van der Waals surface area (Å²) in [6.45, 7) is 0. The Kier molecular flexibility index (Phi) is 4.20. The van der Waals surface area contributed by atoms with Gasteiger partial charge in [0.15, 0.2) is 17.3 Å². The lowest BCUT2D eigenvalue weighted by Crippen LogP contribution is -2.23. The van der Waals surface area contributed by atoms with Gasteiger partial charge in [-0.15, -0.1) is 0 Å². The molecule has 0 amide bonds. The molecule has 0 aliphatic heterocycles. The third-order valence-electron chi connectivity index (χ3n) is 3.52. The standard InChI is InChI=1S/C15H18O4/c1-18-13-7-6-11(9-14(13)19-2)15(17)10-4-3-5-12(16)8-10/h6-7,9-10H,3-5,8H2,1-2H3. The minimum absolute atomic E-state index is 0.0222. The molecule has 0 heterocycles. The second-order valence-electron chi connectivity index (χ2n) is 4.77. The molecule has 1 aliphatic carbocycles. The maximum Gasteiger partial charge on any atom is 0.166 e. The van der Waals surface area contributed by atoms with Crippen LogP contribution < -0.4 is 9.47 Å². The molecule has 1 unspecified atom stereocenters. The summed E-state index contributed by atoms with van der Waals surface area (Å²) in [7, 11) is 3.09. The predicted molar refractivity (Wildman–Crippen MR) is 70.8 cm³/mol. The van der Waals surface area contributed by atoms with E-state index in [1.54, 1.807) is 25.3 Å². The molecule has 1 saturated carbocycles. The van der Waals surface area contributed by atoms with E-state index in [9.17, 15) is 9.59 Å². The molecule has 19 heavy (non-hydrogen) atoms. The van der Waals surface area contributed by atoms with Gasteiger partial charge in [0.05, 0.1) is 14.2 Å². The van der Waals surface area contributed by atoms with E-state index in [2.05, 4.69) is 0 Å². The van der Waals surface area contributed by atoms with Crippen LogP contribution >= 0.6 is 0 Å². The van der Waals surface area contributed by atoms with E-state index in [4.69, 9.17) is 9.47 Å². The van der Waals surface area contributed by atoms with E-state index in [-0.39, 0.29) is 17.5 Å². The van der Waals surface area contributed by atoms with Crippen molar-refractivity contribution < 1.29 is 19.1 Å². The molecular weight excluding hydrogens is 244 g/mol. The van der Waals surface area contributed by atoms with Gasteiger partial charge in [0, 0.05) is 24.3 Å². The summed E-state index contributed by atoms with van der Waals surface area (Å²) in [6, 6.07) is 5.12. The Hall–Kier alpha value is -1.84. The van der Waals surface area contributed by atoms with Crippen molar-refractivity contribution in [3.8, 4) is 11.5 Å². The molecule has 0 N–H and O–H groups in total. The summed E-state index contributed by atoms with van der Waals surface area (Å²) in [4.78, 5) is 23.8. The molecule has 0 bridgehead atoms. The predicted octanol–water partition coefficient (Wildman–Crippen LogP) is 2.65. The first kappa shape index (κ1) is 13.6. The van der Waals surface area contributed by atoms with Gasteiger partial charge in [-0.2, -0.15) is 0 Å². The van der Waals surface area contributed by atoms with Gasteiger partial charge in [-0.05, 0) is 31.0 Å². The lowest BCUT2D eigenvalue weighted by Gasteiger charge is -2.20. The first-order chi connectivity index (χ1) is 9.15. The third-order valence-corrected chi connectivity index (χ3v) is 3.52. The maximum atomic E-state index is 12.4. The zero-order valence-electron chi connectivity index (χ0n) is 11.3. The van der Waals surface area contributed by atoms with Crippen LogP contribution in [0.4, 0.5) is 0 Å². The Morgan fingerprint density at radius 1 is 1.21 bits per heavy atom. The van der Waals surface area contributed by atoms with Gasteiger partial charge in [0.2, 0.25) is 0 Å². The van der Waals surface area contributed by atoms with E-state index in [1.807, 2.05) is 0 Å². The number of carbonyl (C=O) groups excluding carboxylic acids is 2. The van der Waals surface area contributed by atoms with Crippen LogP contribution in [0.5, 0.6) is 11.5 Å². The number of Topliss-reactive ketones (excluding diaryl/α,β-unsaturated/α-hetero) is 2. The SMILES string of the molecule is COc1ccc(C(=O)C2CCCC(=O)C2)cc1OC. The first-order valence-corrected chi connectivity index (χ1v) is 6.43. The Bertz CT molecular complexity index is 493. The third kappa shape index (κ3) is 2.95. The van der Waals surface area contributed by atoms with Gasteiger partial charge < -0.3 is 9.47 Å². The molecule has 0 aromatic heterocycles. The zero-order valence-corrected chi connectivity index (χ0v) is 11.3. The van der Waals surface area contributed by atoms with Crippen LogP contribution in [0.15, 0.2) is 18.2 Å². The smallest absolute Gasteiger partial charge is 0.166 e. The molecule has 1 aromatic rings. The van der Waals surface area contributed by atoms with E-state index in [0.717, 1.165) is 12.8 Å². The van der Waals surface area contributed by atoms with Gasteiger partial charge in [0.1, 0.15) is 5.78 Å². The van der Waals surface area contributed by atoms with Crippen molar-refractivity contribution in [2.45, 2.75) is 25.7 Å². The van der Waals surface area contributed by atoms with E-state index < -0.39 is 0 Å². The van der Waals surface area contributed by atoms with Crippen molar-refractivity contribution in [3.63, 3.8) is 0 Å². The Labute approximate surface area is 112 Å². The van der Waals surface area contributed by atoms with Gasteiger partial charge in [0.25, 0.3) is 0 Å². The Morgan fingerprint density at radius 2 is 1.95 bits per heavy atom. The molecule has 1 atom stereocenters. The summed E-state index contributed by atoms with van der Waals surface area (Å²) in [5, 5.41) is 0. The fourth-order valence-electron chi connectivity index (χ4n) is 2.47. The van der Waals surface area contributed by atoms with Crippen molar-refractivity contribution in [1.29, 1.82) is 0 Å². The average Bonchev–Trinajstić information content (AvgIpc) is 2.45. The fourth-order valence-corrected chi connectivity index (χ4v) is 2.47. The lowest BCUT2D eigenvalue weighted by atomic mass is 9.83. The van der Waals surface area contributed by atoms with Crippen molar-refractivity contribution in [1.82, 2.24) is 0 Å². The largest absolute Gasteiger partial charge is 0.493 e. The molecule has 4 nitrogen and oxygen atoms in total. The summed E-state index contributed by atoms with van der Waals surface area (Å²) in [5.41, 5.74) is 0.581. The molecule has 1 aliphatic rings. The fraction of sp³-hybridized carbons (Fsp3) is 0.467. The van der Waals surface area contributed by atoms with Crippen molar-refractivity contribution in [2.24, 2.45) is 5.92 Å². The molecule has 102 valence electrons. The van der Waals surface area contributed by atoms with Gasteiger partial charge in [-0.1, -0.05) is 0 Å². The van der Waals surface area contributed by atoms with Crippen LogP contribution in [-0.4, -0.2) is 25.8 Å². The first-order valence-electron chi connectivity index (χ1n) is 6.43. The molecule has 1 aromatic carbocycles. The van der Waals surface area contributed by atoms with Crippen LogP contribution in [0.3, 0.4) is 0 Å². The average molecular weight is 262 g/mol. The van der Waals surface area contributed by atoms with E-state index in [0.29, 0.717) is 29.9 Å². The number of rotatable bonds is 4. The highest BCUT2D eigenvalue weighted by atomic mass is 16.5. The van der Waals surface area contributed by atoms with E-state index in [1.165, 1.54) is 7.11 Å². The summed E-state index contributed by atoms with van der Waals surface area (Å²) in [5.74, 6) is 1.16. The highest BCUT2D eigenvalue weighted by molar-refractivity contribution is 6.01. The molecule has 0 radical (unpaired) electrons. The van der Waals surface area contributed by atoms with Crippen molar-refractivity contribution >= 4 is 11.6 Å². The summed E-state index contributed by atoms with van der Waals surface area (Å²) < 4.78 is 10.3. The van der Waals surface area contributed by atoms with Crippen LogP contribution in [0.2, 0.25) is 0 Å². The summed E-state index contributed by atoms with van der Waals surface area (Å²) in [6.07, 6.45) is 2.57. The van der Waals surface area contributed by atoms with E-state index >= 15 is 0 Å². The minimum atomic E-state index is -0.181. The van der Waals surface area contributed by atoms with Crippen LogP contribution in [-0.2, 0) is 4.79 Å². The summed E-state index contributed by atoms with van der Waals surface area (Å²) >= 11 is 0. The highest BCUT2D eigenvalue weighted by Crippen LogP contribution is 2.31. The molecule has 4 heteroatoms. The lowest BCUT2D eigenvalue weighted by molar-refractivity contribution is -0.121. The number of ether oxygens (including phenoxy) is 2. The number of carbonyl (C=O) groups is 2. The number of ketones is 2. The minimum Gasteiger partial charge on any atom is -0.493 e. The van der Waals surface area contributed by atoms with Crippen LogP contribution in [0.25, 0.3) is 0 Å². The topological polar surface area (TPSA) is 52.6 Å². The highest BCUT2D eigenvalue weighted by Gasteiger charge is 2.27. The number of benzene rings is 1. The Balaban J connectivity index is 2.21. The monoisotopic (exact) mass is 262 g/mol.